The predicted octanol–water partition coefficient (Wildman–Crippen LogP) is 0.674. The molecule has 120 valence electrons. The molecule has 0 aromatic rings. The van der Waals surface area contributed by atoms with Crippen LogP contribution in [0.25, 0.3) is 0 Å². The zero-order valence-corrected chi connectivity index (χ0v) is 11.5. The van der Waals surface area contributed by atoms with Crippen LogP contribution in [0.5, 0.6) is 0 Å². The number of aliphatic hydroxyl groups excluding tert-OH is 1. The predicted molar refractivity (Wildman–Crippen MR) is 67.1 cm³/mol. The van der Waals surface area contributed by atoms with Crippen LogP contribution in [0, 0.1) is 11.8 Å². The first kappa shape index (κ1) is 16.1. The second kappa shape index (κ2) is 6.21. The normalized spacial score (nSPS) is 30.0. The quantitative estimate of drug-likeness (QED) is 0.802. The SMILES string of the molecule is O=C(NC1CCCC1CO)C1CC(=O)N(CC(F)(F)F)C1. The largest absolute Gasteiger partial charge is 0.406 e. The fourth-order valence-electron chi connectivity index (χ4n) is 3.06. The van der Waals surface area contributed by atoms with Crippen molar-refractivity contribution in [3.63, 3.8) is 0 Å². The number of alkyl halides is 3. The van der Waals surface area contributed by atoms with Gasteiger partial charge in [0.1, 0.15) is 6.54 Å². The zero-order chi connectivity index (χ0) is 15.6. The molecule has 1 heterocycles. The molecule has 1 aliphatic carbocycles. The van der Waals surface area contributed by atoms with Gasteiger partial charge in [0.05, 0.1) is 5.92 Å². The zero-order valence-electron chi connectivity index (χ0n) is 11.5. The van der Waals surface area contributed by atoms with Crippen LogP contribution in [0.1, 0.15) is 25.7 Å². The molecule has 3 atom stereocenters. The number of nitrogens with zero attached hydrogens (tertiary/aromatic N) is 1. The van der Waals surface area contributed by atoms with Gasteiger partial charge in [-0.1, -0.05) is 6.42 Å². The maximum atomic E-state index is 12.3. The van der Waals surface area contributed by atoms with E-state index in [2.05, 4.69) is 5.32 Å². The molecule has 21 heavy (non-hydrogen) atoms. The second-order valence-electron chi connectivity index (χ2n) is 5.78. The summed E-state index contributed by atoms with van der Waals surface area (Å²) < 4.78 is 36.9. The minimum absolute atomic E-state index is 0.00247. The molecule has 0 radical (unpaired) electrons. The van der Waals surface area contributed by atoms with Crippen molar-refractivity contribution in [3.8, 4) is 0 Å². The summed E-state index contributed by atoms with van der Waals surface area (Å²) in [6.07, 6.45) is -2.15. The highest BCUT2D eigenvalue weighted by molar-refractivity contribution is 5.89. The van der Waals surface area contributed by atoms with Crippen molar-refractivity contribution in [3.05, 3.63) is 0 Å². The van der Waals surface area contributed by atoms with E-state index < -0.39 is 30.5 Å². The third kappa shape index (κ3) is 4.09. The van der Waals surface area contributed by atoms with Gasteiger partial charge in [-0.15, -0.1) is 0 Å². The lowest BCUT2D eigenvalue weighted by Crippen LogP contribution is -2.43. The number of likely N-dealkylation sites (tertiary alicyclic amines) is 1. The van der Waals surface area contributed by atoms with Gasteiger partial charge < -0.3 is 15.3 Å². The van der Waals surface area contributed by atoms with Crippen LogP contribution >= 0.6 is 0 Å². The molecule has 1 aliphatic heterocycles. The van der Waals surface area contributed by atoms with Crippen molar-refractivity contribution in [1.29, 1.82) is 0 Å². The van der Waals surface area contributed by atoms with E-state index in [4.69, 9.17) is 0 Å². The van der Waals surface area contributed by atoms with Crippen molar-refractivity contribution in [1.82, 2.24) is 10.2 Å². The first-order chi connectivity index (χ1) is 9.80. The van der Waals surface area contributed by atoms with Gasteiger partial charge in [0.25, 0.3) is 0 Å². The van der Waals surface area contributed by atoms with Crippen molar-refractivity contribution in [2.24, 2.45) is 11.8 Å². The summed E-state index contributed by atoms with van der Waals surface area (Å²) in [4.78, 5) is 24.3. The van der Waals surface area contributed by atoms with E-state index >= 15 is 0 Å². The average Bonchev–Trinajstić information content (AvgIpc) is 2.95. The molecule has 2 aliphatic rings. The summed E-state index contributed by atoms with van der Waals surface area (Å²) in [5.74, 6) is -1.77. The Morgan fingerprint density at radius 1 is 1.38 bits per heavy atom. The van der Waals surface area contributed by atoms with Crippen molar-refractivity contribution in [2.75, 3.05) is 19.7 Å². The van der Waals surface area contributed by atoms with E-state index in [0.717, 1.165) is 19.3 Å². The van der Waals surface area contributed by atoms with Crippen LogP contribution in [0.4, 0.5) is 13.2 Å². The highest BCUT2D eigenvalue weighted by atomic mass is 19.4. The standard InChI is InChI=1S/C13H19F3N2O3/c14-13(15,16)7-18-5-9(4-11(18)20)12(21)17-10-3-1-2-8(10)6-19/h8-10,19H,1-7H2,(H,17,21). The number of nitrogens with one attached hydrogen (secondary N) is 1. The molecule has 8 heteroatoms. The maximum Gasteiger partial charge on any atom is 0.406 e. The van der Waals surface area contributed by atoms with Gasteiger partial charge in [0.2, 0.25) is 11.8 Å². The van der Waals surface area contributed by atoms with Crippen LogP contribution in [-0.4, -0.2) is 53.7 Å². The second-order valence-corrected chi connectivity index (χ2v) is 5.78. The number of hydrogen-bond donors (Lipinski definition) is 2. The summed E-state index contributed by atoms with van der Waals surface area (Å²) in [5, 5.41) is 12.0. The lowest BCUT2D eigenvalue weighted by atomic mass is 10.0. The maximum absolute atomic E-state index is 12.3. The number of aliphatic hydroxyl groups is 1. The number of halogens is 3. The average molecular weight is 308 g/mol. The topological polar surface area (TPSA) is 69.6 Å². The molecule has 0 aromatic heterocycles. The molecule has 0 aromatic carbocycles. The minimum Gasteiger partial charge on any atom is -0.396 e. The Morgan fingerprint density at radius 3 is 2.71 bits per heavy atom. The molecule has 3 unspecified atom stereocenters. The molecular formula is C13H19F3N2O3. The lowest BCUT2D eigenvalue weighted by molar-refractivity contribution is -0.157. The van der Waals surface area contributed by atoms with E-state index in [0.29, 0.717) is 4.90 Å². The van der Waals surface area contributed by atoms with E-state index in [1.54, 1.807) is 0 Å². The van der Waals surface area contributed by atoms with Gasteiger partial charge in [-0.25, -0.2) is 0 Å². The van der Waals surface area contributed by atoms with Crippen molar-refractivity contribution >= 4 is 11.8 Å². The molecule has 1 saturated carbocycles. The summed E-state index contributed by atoms with van der Waals surface area (Å²) >= 11 is 0. The van der Waals surface area contributed by atoms with Crippen LogP contribution in [0.15, 0.2) is 0 Å². The summed E-state index contributed by atoms with van der Waals surface area (Å²) in [5.41, 5.74) is 0. The molecule has 0 bridgehead atoms. The smallest absolute Gasteiger partial charge is 0.396 e. The van der Waals surface area contributed by atoms with Crippen molar-refractivity contribution < 1.29 is 27.9 Å². The van der Waals surface area contributed by atoms with E-state index in [1.165, 1.54) is 0 Å². The van der Waals surface area contributed by atoms with Gasteiger partial charge in [0, 0.05) is 31.5 Å². The molecule has 2 fully saturated rings. The summed E-state index contributed by atoms with van der Waals surface area (Å²) in [6.45, 7) is -1.52. The number of hydrogen-bond acceptors (Lipinski definition) is 3. The van der Waals surface area contributed by atoms with Crippen LogP contribution in [0.3, 0.4) is 0 Å². The Bertz CT molecular complexity index is 414. The first-order valence-corrected chi connectivity index (χ1v) is 7.06. The molecule has 2 N–H and O–H groups in total. The highest BCUT2D eigenvalue weighted by Gasteiger charge is 2.41. The summed E-state index contributed by atoms with van der Waals surface area (Å²) in [6, 6.07) is -0.144. The summed E-state index contributed by atoms with van der Waals surface area (Å²) in [7, 11) is 0. The minimum atomic E-state index is -4.45. The Balaban J connectivity index is 1.88. The fourth-order valence-corrected chi connectivity index (χ4v) is 3.06. The number of carbonyl (C=O) groups is 2. The third-order valence-electron chi connectivity index (χ3n) is 4.18. The Kier molecular flexibility index (Phi) is 4.75. The van der Waals surface area contributed by atoms with E-state index in [9.17, 15) is 27.9 Å². The van der Waals surface area contributed by atoms with E-state index in [1.807, 2.05) is 0 Å². The number of amides is 2. The van der Waals surface area contributed by atoms with Gasteiger partial charge in [-0.2, -0.15) is 13.2 Å². The van der Waals surface area contributed by atoms with Crippen LogP contribution in [0.2, 0.25) is 0 Å². The molecule has 1 saturated heterocycles. The highest BCUT2D eigenvalue weighted by Crippen LogP contribution is 2.27. The molecule has 2 amide bonds. The monoisotopic (exact) mass is 308 g/mol. The molecule has 5 nitrogen and oxygen atoms in total. The molecular weight excluding hydrogens is 289 g/mol. The fraction of sp³-hybridized carbons (Fsp3) is 0.846. The van der Waals surface area contributed by atoms with E-state index in [-0.39, 0.29) is 31.5 Å². The van der Waals surface area contributed by atoms with Gasteiger partial charge in [-0.3, -0.25) is 9.59 Å². The molecule has 2 rings (SSSR count). The molecule has 0 spiro atoms. The van der Waals surface area contributed by atoms with Gasteiger partial charge in [0.15, 0.2) is 0 Å². The Labute approximate surface area is 120 Å². The first-order valence-electron chi connectivity index (χ1n) is 7.06. The Morgan fingerprint density at radius 2 is 2.10 bits per heavy atom. The van der Waals surface area contributed by atoms with Gasteiger partial charge >= 0.3 is 6.18 Å². The van der Waals surface area contributed by atoms with Crippen LogP contribution in [-0.2, 0) is 9.59 Å². The number of rotatable bonds is 4. The van der Waals surface area contributed by atoms with Crippen LogP contribution < -0.4 is 5.32 Å². The van der Waals surface area contributed by atoms with Crippen molar-refractivity contribution in [2.45, 2.75) is 37.9 Å². The Hall–Kier alpha value is -1.31. The lowest BCUT2D eigenvalue weighted by Gasteiger charge is -2.21. The van der Waals surface area contributed by atoms with Gasteiger partial charge in [-0.05, 0) is 12.8 Å². The third-order valence-corrected chi connectivity index (χ3v) is 4.18. The number of carbonyl (C=O) groups excluding carboxylic acids is 2.